The van der Waals surface area contributed by atoms with Gasteiger partial charge in [-0.1, -0.05) is 96.8 Å². The van der Waals surface area contributed by atoms with Gasteiger partial charge in [-0.15, -0.1) is 0 Å². The first-order chi connectivity index (χ1) is 12.3. The molecular formula is C19H43NO6S. The maximum Gasteiger partial charge on any atom is 0.397 e. The summed E-state index contributed by atoms with van der Waals surface area (Å²) in [7, 11) is -3.29. The Morgan fingerprint density at radius 2 is 1.00 bits per heavy atom. The van der Waals surface area contributed by atoms with Crippen molar-refractivity contribution in [1.29, 1.82) is 0 Å². The van der Waals surface area contributed by atoms with E-state index in [1.54, 1.807) is 0 Å². The number of carbonyl (C=O) groups is 1. The van der Waals surface area contributed by atoms with Crippen molar-refractivity contribution in [2.24, 2.45) is 0 Å². The van der Waals surface area contributed by atoms with Gasteiger partial charge in [0.1, 0.15) is 0 Å². The third kappa shape index (κ3) is 36.9. The molecule has 7 nitrogen and oxygen atoms in total. The number of rotatable bonds is 17. The molecule has 0 aromatic heterocycles. The molecule has 0 aromatic carbocycles. The Hall–Kier alpha value is -0.700. The van der Waals surface area contributed by atoms with Crippen molar-refractivity contribution < 1.29 is 27.1 Å². The molecule has 5 N–H and O–H groups in total. The van der Waals surface area contributed by atoms with Crippen LogP contribution in [0.5, 0.6) is 0 Å². The van der Waals surface area contributed by atoms with Gasteiger partial charge in [0.15, 0.2) is 0 Å². The smallest absolute Gasteiger partial charge is 0.397 e. The summed E-state index contributed by atoms with van der Waals surface area (Å²) in [4.78, 5) is 10.3. The fourth-order valence-electron chi connectivity index (χ4n) is 2.65. The summed E-state index contributed by atoms with van der Waals surface area (Å²) in [5, 5.41) is 8.52. The Morgan fingerprint density at radius 3 is 1.22 bits per heavy atom. The van der Waals surface area contributed by atoms with Gasteiger partial charge in [0, 0.05) is 6.42 Å². The van der Waals surface area contributed by atoms with E-state index in [1.807, 2.05) is 0 Å². The molecule has 0 aliphatic carbocycles. The highest BCUT2D eigenvalue weighted by Gasteiger charge is 1.97. The third-order valence-electron chi connectivity index (χ3n) is 4.20. The minimum atomic E-state index is -4.16. The number of carboxylic acids is 1. The molecule has 0 bridgehead atoms. The van der Waals surface area contributed by atoms with Crippen LogP contribution in [0.15, 0.2) is 0 Å². The van der Waals surface area contributed by atoms with Crippen LogP contribution in [-0.4, -0.2) is 31.2 Å². The average molecular weight is 414 g/mol. The molecule has 0 spiro atoms. The Morgan fingerprint density at radius 1 is 0.741 bits per heavy atom. The SMILES string of the molecule is CCCCCCCCCCCCCCCCCC(=O)O.COS(=O)(=O)O.N. The Labute approximate surface area is 166 Å². The number of hydrogen-bond acceptors (Lipinski definition) is 5. The van der Waals surface area contributed by atoms with Gasteiger partial charge in [-0.05, 0) is 6.42 Å². The fourth-order valence-corrected chi connectivity index (χ4v) is 2.65. The molecule has 0 heterocycles. The van der Waals surface area contributed by atoms with Crippen LogP contribution < -0.4 is 6.15 Å². The summed E-state index contributed by atoms with van der Waals surface area (Å²) in [5.41, 5.74) is 0. The van der Waals surface area contributed by atoms with E-state index >= 15 is 0 Å². The second kappa shape index (κ2) is 23.3. The normalized spacial score (nSPS) is 10.6. The lowest BCUT2D eigenvalue weighted by Crippen LogP contribution is -1.96. The lowest BCUT2D eigenvalue weighted by atomic mass is 10.0. The fraction of sp³-hybridized carbons (Fsp3) is 0.947. The van der Waals surface area contributed by atoms with Crippen molar-refractivity contribution in [1.82, 2.24) is 6.15 Å². The molecule has 0 saturated heterocycles. The van der Waals surface area contributed by atoms with Crippen molar-refractivity contribution in [3.63, 3.8) is 0 Å². The molecule has 0 aliphatic heterocycles. The first-order valence-electron chi connectivity index (χ1n) is 10.1. The molecule has 0 atom stereocenters. The van der Waals surface area contributed by atoms with E-state index in [2.05, 4.69) is 11.1 Å². The van der Waals surface area contributed by atoms with E-state index in [9.17, 15) is 13.2 Å². The van der Waals surface area contributed by atoms with Crippen LogP contribution in [0.3, 0.4) is 0 Å². The third-order valence-corrected chi connectivity index (χ3v) is 4.63. The van der Waals surface area contributed by atoms with E-state index in [4.69, 9.17) is 9.66 Å². The van der Waals surface area contributed by atoms with Crippen molar-refractivity contribution in [2.45, 2.75) is 110 Å². The first kappa shape index (κ1) is 31.0. The van der Waals surface area contributed by atoms with Crippen LogP contribution in [0.2, 0.25) is 0 Å². The lowest BCUT2D eigenvalue weighted by molar-refractivity contribution is -0.137. The predicted octanol–water partition coefficient (Wildman–Crippen LogP) is 5.93. The first-order valence-corrected chi connectivity index (χ1v) is 11.4. The number of aliphatic carboxylic acids is 1. The lowest BCUT2D eigenvalue weighted by Gasteiger charge is -2.03. The Kier molecular flexibility index (Phi) is 26.8. The topological polar surface area (TPSA) is 136 Å². The van der Waals surface area contributed by atoms with E-state index in [-0.39, 0.29) is 6.15 Å². The molecule has 0 aromatic rings. The molecule has 27 heavy (non-hydrogen) atoms. The Bertz CT molecular complexity index is 401. The van der Waals surface area contributed by atoms with Crippen LogP contribution in [0, 0.1) is 0 Å². The summed E-state index contributed by atoms with van der Waals surface area (Å²) in [6.45, 7) is 2.27. The molecule has 0 rings (SSSR count). The summed E-state index contributed by atoms with van der Waals surface area (Å²) in [6.07, 6.45) is 20.2. The van der Waals surface area contributed by atoms with Gasteiger partial charge in [-0.2, -0.15) is 8.42 Å². The average Bonchev–Trinajstić information content (AvgIpc) is 2.58. The zero-order chi connectivity index (χ0) is 20.1. The molecule has 0 unspecified atom stereocenters. The molecule has 0 aliphatic rings. The number of hydrogen-bond donors (Lipinski definition) is 3. The van der Waals surface area contributed by atoms with Gasteiger partial charge < -0.3 is 11.3 Å². The monoisotopic (exact) mass is 413 g/mol. The van der Waals surface area contributed by atoms with E-state index in [0.29, 0.717) is 6.42 Å². The molecule has 0 radical (unpaired) electrons. The summed E-state index contributed by atoms with van der Waals surface area (Å²) < 4.78 is 29.7. The van der Waals surface area contributed by atoms with Gasteiger partial charge in [0.25, 0.3) is 0 Å². The van der Waals surface area contributed by atoms with E-state index in [1.165, 1.54) is 83.5 Å². The molecule has 0 saturated carbocycles. The zero-order valence-corrected chi connectivity index (χ0v) is 18.3. The van der Waals surface area contributed by atoms with Crippen molar-refractivity contribution >= 4 is 16.4 Å². The Balaban J connectivity index is -0.000000709. The largest absolute Gasteiger partial charge is 0.481 e. The number of unbranched alkanes of at least 4 members (excludes halogenated alkanes) is 14. The highest BCUT2D eigenvalue weighted by atomic mass is 32.3. The second-order valence-corrected chi connectivity index (χ2v) is 7.88. The van der Waals surface area contributed by atoms with Gasteiger partial charge in [0.2, 0.25) is 0 Å². The van der Waals surface area contributed by atoms with E-state index < -0.39 is 16.4 Å². The van der Waals surface area contributed by atoms with E-state index in [0.717, 1.165) is 20.0 Å². The van der Waals surface area contributed by atoms with Gasteiger partial charge >= 0.3 is 16.4 Å². The summed E-state index contributed by atoms with van der Waals surface area (Å²) in [6, 6.07) is 0. The standard InChI is InChI=1S/C18H36O2.CH4O4S.H3N/c1-2-3-4-5-6-7-8-9-10-11-12-13-14-15-16-17-18(19)20;1-5-6(2,3)4;/h2-17H2,1H3,(H,19,20);1H3,(H,2,3,4);1H3. The summed E-state index contributed by atoms with van der Waals surface area (Å²) >= 11 is 0. The van der Waals surface area contributed by atoms with Crippen molar-refractivity contribution in [3.05, 3.63) is 0 Å². The molecule has 166 valence electrons. The van der Waals surface area contributed by atoms with Crippen LogP contribution in [0.25, 0.3) is 0 Å². The van der Waals surface area contributed by atoms with Crippen molar-refractivity contribution in [3.8, 4) is 0 Å². The maximum absolute atomic E-state index is 10.3. The zero-order valence-electron chi connectivity index (χ0n) is 17.5. The highest BCUT2D eigenvalue weighted by molar-refractivity contribution is 7.80. The second-order valence-electron chi connectivity index (χ2n) is 6.69. The molecule has 8 heteroatoms. The molecular weight excluding hydrogens is 370 g/mol. The minimum absolute atomic E-state index is 0. The van der Waals surface area contributed by atoms with Gasteiger partial charge in [-0.25, -0.2) is 0 Å². The predicted molar refractivity (Wildman–Crippen MR) is 111 cm³/mol. The van der Waals surface area contributed by atoms with Gasteiger partial charge in [-0.3, -0.25) is 13.5 Å². The highest BCUT2D eigenvalue weighted by Crippen LogP contribution is 2.13. The van der Waals surface area contributed by atoms with Gasteiger partial charge in [0.05, 0.1) is 7.11 Å². The quantitative estimate of drug-likeness (QED) is 0.198. The minimum Gasteiger partial charge on any atom is -0.481 e. The van der Waals surface area contributed by atoms with Crippen LogP contribution >= 0.6 is 0 Å². The van der Waals surface area contributed by atoms with Crippen LogP contribution in [-0.2, 0) is 19.4 Å². The maximum atomic E-state index is 10.3. The van der Waals surface area contributed by atoms with Crippen LogP contribution in [0.4, 0.5) is 0 Å². The number of carboxylic acid groups (broad SMARTS) is 1. The molecule has 0 fully saturated rings. The molecule has 0 amide bonds. The van der Waals surface area contributed by atoms with Crippen molar-refractivity contribution in [2.75, 3.05) is 7.11 Å². The van der Waals surface area contributed by atoms with Crippen LogP contribution in [0.1, 0.15) is 110 Å². The summed E-state index contributed by atoms with van der Waals surface area (Å²) in [5.74, 6) is -0.653.